The zero-order chi connectivity index (χ0) is 12.1. The van der Waals surface area contributed by atoms with Crippen molar-refractivity contribution in [2.45, 2.75) is 32.2 Å². The Bertz CT molecular complexity index is 456. The number of hydrogen-bond donors (Lipinski definition) is 1. The molecule has 6 nitrogen and oxygen atoms in total. The molecule has 0 spiro atoms. The molecule has 0 saturated heterocycles. The minimum atomic E-state index is -0.196. The van der Waals surface area contributed by atoms with Crippen LogP contribution in [0, 0.1) is 0 Å². The lowest BCUT2D eigenvalue weighted by Gasteiger charge is -2.03. The fraction of sp³-hybridized carbons (Fsp3) is 0.455. The Labute approximate surface area is 99.3 Å². The summed E-state index contributed by atoms with van der Waals surface area (Å²) in [4.78, 5) is 12.1. The van der Waals surface area contributed by atoms with Crippen LogP contribution in [0.25, 0.3) is 11.5 Å². The fourth-order valence-electron chi connectivity index (χ4n) is 1.46. The Morgan fingerprint density at radius 1 is 1.47 bits per heavy atom. The highest BCUT2D eigenvalue weighted by atomic mass is 16.5. The van der Waals surface area contributed by atoms with Gasteiger partial charge in [0.2, 0.25) is 11.7 Å². The average molecular weight is 233 g/mol. The van der Waals surface area contributed by atoms with Crippen molar-refractivity contribution in [3.8, 4) is 11.5 Å². The Morgan fingerprint density at radius 2 is 2.35 bits per heavy atom. The van der Waals surface area contributed by atoms with Crippen LogP contribution in [0.1, 0.15) is 38.1 Å². The molecule has 2 N–H and O–H groups in total. The first-order valence-corrected chi connectivity index (χ1v) is 5.67. The molecule has 0 amide bonds. The zero-order valence-electron chi connectivity index (χ0n) is 9.71. The van der Waals surface area contributed by atoms with Crippen molar-refractivity contribution >= 4 is 0 Å². The molecule has 2 aromatic heterocycles. The van der Waals surface area contributed by atoms with Gasteiger partial charge in [-0.1, -0.05) is 24.9 Å². The van der Waals surface area contributed by atoms with E-state index in [2.05, 4.69) is 27.0 Å². The van der Waals surface area contributed by atoms with Crippen molar-refractivity contribution in [2.75, 3.05) is 0 Å². The van der Waals surface area contributed by atoms with Gasteiger partial charge < -0.3 is 10.3 Å². The molecule has 2 rings (SSSR count). The first-order chi connectivity index (χ1) is 8.31. The van der Waals surface area contributed by atoms with Crippen molar-refractivity contribution in [1.82, 2.24) is 20.1 Å². The van der Waals surface area contributed by atoms with Gasteiger partial charge in [-0.05, 0) is 12.5 Å². The van der Waals surface area contributed by atoms with Crippen LogP contribution in [0.4, 0.5) is 0 Å². The predicted octanol–water partition coefficient (Wildman–Crippen LogP) is 1.72. The maximum Gasteiger partial charge on any atom is 0.243 e. The Morgan fingerprint density at radius 3 is 3.06 bits per heavy atom. The minimum absolute atomic E-state index is 0.196. The molecule has 0 aromatic carbocycles. The van der Waals surface area contributed by atoms with E-state index < -0.39 is 0 Å². The molecule has 2 heterocycles. The van der Waals surface area contributed by atoms with E-state index in [-0.39, 0.29) is 6.04 Å². The average Bonchev–Trinajstić information content (AvgIpc) is 2.86. The lowest BCUT2D eigenvalue weighted by Crippen LogP contribution is -2.10. The van der Waals surface area contributed by atoms with E-state index in [4.69, 9.17) is 10.3 Å². The fourth-order valence-corrected chi connectivity index (χ4v) is 1.46. The topological polar surface area (TPSA) is 90.7 Å². The van der Waals surface area contributed by atoms with Gasteiger partial charge in [0.15, 0.2) is 0 Å². The van der Waals surface area contributed by atoms with Crippen molar-refractivity contribution in [1.29, 1.82) is 0 Å². The van der Waals surface area contributed by atoms with Crippen LogP contribution < -0.4 is 5.73 Å². The summed E-state index contributed by atoms with van der Waals surface area (Å²) in [5.74, 6) is 0.918. The Balaban J connectivity index is 2.11. The molecule has 2 aromatic rings. The SMILES string of the molecule is CCCCC(N)c1nc(-c2ccncn2)no1. The van der Waals surface area contributed by atoms with E-state index in [9.17, 15) is 0 Å². The highest BCUT2D eigenvalue weighted by Crippen LogP contribution is 2.18. The monoisotopic (exact) mass is 233 g/mol. The first-order valence-electron chi connectivity index (χ1n) is 5.67. The number of hydrogen-bond acceptors (Lipinski definition) is 6. The number of nitrogens with zero attached hydrogens (tertiary/aromatic N) is 4. The summed E-state index contributed by atoms with van der Waals surface area (Å²) < 4.78 is 5.13. The molecule has 0 aliphatic rings. The van der Waals surface area contributed by atoms with E-state index in [0.29, 0.717) is 17.4 Å². The number of rotatable bonds is 5. The maximum absolute atomic E-state index is 5.94. The second-order valence-corrected chi connectivity index (χ2v) is 3.80. The summed E-state index contributed by atoms with van der Waals surface area (Å²) in [6.45, 7) is 2.12. The molecular formula is C11H15N5O. The molecule has 0 aliphatic heterocycles. The van der Waals surface area contributed by atoms with Crippen LogP contribution in [0.15, 0.2) is 23.1 Å². The summed E-state index contributed by atoms with van der Waals surface area (Å²) in [5, 5.41) is 3.86. The third-order valence-electron chi connectivity index (χ3n) is 2.44. The number of aromatic nitrogens is 4. The van der Waals surface area contributed by atoms with Crippen molar-refractivity contribution < 1.29 is 4.52 Å². The van der Waals surface area contributed by atoms with Gasteiger partial charge in [0.05, 0.1) is 6.04 Å². The van der Waals surface area contributed by atoms with Crippen molar-refractivity contribution in [3.05, 3.63) is 24.5 Å². The van der Waals surface area contributed by atoms with Gasteiger partial charge in [0, 0.05) is 6.20 Å². The third-order valence-corrected chi connectivity index (χ3v) is 2.44. The summed E-state index contributed by atoms with van der Waals surface area (Å²) in [7, 11) is 0. The smallest absolute Gasteiger partial charge is 0.243 e. The van der Waals surface area contributed by atoms with Gasteiger partial charge in [-0.2, -0.15) is 4.98 Å². The molecule has 90 valence electrons. The van der Waals surface area contributed by atoms with E-state index in [0.717, 1.165) is 19.3 Å². The van der Waals surface area contributed by atoms with E-state index in [1.807, 2.05) is 0 Å². The van der Waals surface area contributed by atoms with Gasteiger partial charge >= 0.3 is 0 Å². The second kappa shape index (κ2) is 5.49. The number of nitrogens with two attached hydrogens (primary N) is 1. The van der Waals surface area contributed by atoms with E-state index in [1.54, 1.807) is 12.3 Å². The molecule has 0 bridgehead atoms. The molecule has 0 saturated carbocycles. The van der Waals surface area contributed by atoms with Crippen LogP contribution in [-0.2, 0) is 0 Å². The van der Waals surface area contributed by atoms with Crippen molar-refractivity contribution in [3.63, 3.8) is 0 Å². The third kappa shape index (κ3) is 2.85. The predicted molar refractivity (Wildman–Crippen MR) is 61.8 cm³/mol. The van der Waals surface area contributed by atoms with Crippen LogP contribution in [0.5, 0.6) is 0 Å². The summed E-state index contributed by atoms with van der Waals surface area (Å²) in [6.07, 6.45) is 6.08. The van der Waals surface area contributed by atoms with Crippen LogP contribution >= 0.6 is 0 Å². The van der Waals surface area contributed by atoms with Crippen LogP contribution in [-0.4, -0.2) is 20.1 Å². The normalized spacial score (nSPS) is 12.6. The summed E-state index contributed by atoms with van der Waals surface area (Å²) >= 11 is 0. The van der Waals surface area contributed by atoms with Gasteiger partial charge in [-0.15, -0.1) is 0 Å². The Hall–Kier alpha value is -1.82. The quantitative estimate of drug-likeness (QED) is 0.845. The van der Waals surface area contributed by atoms with Gasteiger partial charge in [-0.3, -0.25) is 0 Å². The standard InChI is InChI=1S/C11H15N5O/c1-2-3-4-8(12)11-15-10(16-17-11)9-5-6-13-7-14-9/h5-8H,2-4,12H2,1H3. The lowest BCUT2D eigenvalue weighted by atomic mass is 10.1. The summed E-state index contributed by atoms with van der Waals surface area (Å²) in [6, 6.07) is 1.53. The molecule has 0 radical (unpaired) electrons. The molecule has 1 unspecified atom stereocenters. The van der Waals surface area contributed by atoms with Crippen LogP contribution in [0.2, 0.25) is 0 Å². The summed E-state index contributed by atoms with van der Waals surface area (Å²) in [5.41, 5.74) is 6.58. The maximum atomic E-state index is 5.94. The van der Waals surface area contributed by atoms with Gasteiger partial charge in [0.25, 0.3) is 0 Å². The molecule has 17 heavy (non-hydrogen) atoms. The van der Waals surface area contributed by atoms with E-state index in [1.165, 1.54) is 6.33 Å². The molecular weight excluding hydrogens is 218 g/mol. The number of unbranched alkanes of at least 4 members (excludes halogenated alkanes) is 1. The second-order valence-electron chi connectivity index (χ2n) is 3.80. The highest BCUT2D eigenvalue weighted by molar-refractivity contribution is 5.46. The molecule has 1 atom stereocenters. The Kier molecular flexibility index (Phi) is 3.77. The zero-order valence-corrected chi connectivity index (χ0v) is 9.71. The van der Waals surface area contributed by atoms with Gasteiger partial charge in [0.1, 0.15) is 12.0 Å². The molecule has 6 heteroatoms. The molecule has 0 fully saturated rings. The largest absolute Gasteiger partial charge is 0.337 e. The highest BCUT2D eigenvalue weighted by Gasteiger charge is 2.15. The van der Waals surface area contributed by atoms with Crippen molar-refractivity contribution in [2.24, 2.45) is 5.73 Å². The lowest BCUT2D eigenvalue weighted by molar-refractivity contribution is 0.346. The minimum Gasteiger partial charge on any atom is -0.337 e. The molecule has 0 aliphatic carbocycles. The van der Waals surface area contributed by atoms with Crippen LogP contribution in [0.3, 0.4) is 0 Å². The van der Waals surface area contributed by atoms with E-state index >= 15 is 0 Å². The van der Waals surface area contributed by atoms with Gasteiger partial charge in [-0.25, -0.2) is 9.97 Å². The first kappa shape index (κ1) is 11.7.